The number of fused-ring (bicyclic) bond motifs is 1. The molecule has 0 spiro atoms. The van der Waals surface area contributed by atoms with Crippen molar-refractivity contribution in [2.24, 2.45) is 10.2 Å². The largest absolute Gasteiger partial charge is 0.493 e. The van der Waals surface area contributed by atoms with Crippen LogP contribution >= 0.6 is 11.6 Å². The number of nitrogens with zero attached hydrogens (tertiary/aromatic N) is 3. The van der Waals surface area contributed by atoms with Crippen LogP contribution in [-0.4, -0.2) is 41.1 Å². The van der Waals surface area contributed by atoms with Gasteiger partial charge in [-0.15, -0.1) is 10.2 Å². The van der Waals surface area contributed by atoms with E-state index in [0.717, 1.165) is 0 Å². The third kappa shape index (κ3) is 4.47. The van der Waals surface area contributed by atoms with Gasteiger partial charge in [0.05, 0.1) is 23.2 Å². The molecule has 154 valence electrons. The number of carbonyl (C=O) groups excluding carboxylic acids is 3. The van der Waals surface area contributed by atoms with Gasteiger partial charge in [0.25, 0.3) is 11.8 Å². The predicted molar refractivity (Wildman–Crippen MR) is 109 cm³/mol. The van der Waals surface area contributed by atoms with Crippen LogP contribution in [0.1, 0.15) is 10.4 Å². The summed E-state index contributed by atoms with van der Waals surface area (Å²) in [7, 11) is 1.24. The highest BCUT2D eigenvalue weighted by Crippen LogP contribution is 2.38. The number of halogens is 1. The molecule has 0 atom stereocenters. The van der Waals surface area contributed by atoms with Crippen molar-refractivity contribution in [1.82, 2.24) is 9.88 Å². The molecule has 2 amide bonds. The zero-order valence-electron chi connectivity index (χ0n) is 15.8. The molecule has 0 radical (unpaired) electrons. The molecular formula is C20H17ClN4O5. The minimum atomic E-state index is -0.736. The fourth-order valence-electron chi connectivity index (χ4n) is 2.76. The maximum atomic E-state index is 12.1. The maximum Gasteiger partial charge on any atom is 0.325 e. The molecule has 0 aliphatic heterocycles. The number of esters is 1. The molecule has 0 fully saturated rings. The second-order valence-electron chi connectivity index (χ2n) is 6.11. The molecule has 3 aromatic rings. The number of ether oxygens (including phenoxy) is 1. The van der Waals surface area contributed by atoms with E-state index in [1.165, 1.54) is 17.7 Å². The van der Waals surface area contributed by atoms with E-state index in [-0.39, 0.29) is 28.7 Å². The summed E-state index contributed by atoms with van der Waals surface area (Å²) in [5.41, 5.74) is 0.779. The Kier molecular flexibility index (Phi) is 6.43. The standard InChI is InChI=1S/C20H17ClN4O5/c1-30-17(27)11-25-15-9-5-3-7-13(15)18(20(25)29)24-23-16(26)10-22-19(28)12-6-2-4-8-14(12)21/h2-9,29H,10-11H2,1H3,(H,22,28). The molecule has 0 aliphatic rings. The first kappa shape index (κ1) is 21.0. The fourth-order valence-corrected chi connectivity index (χ4v) is 2.98. The van der Waals surface area contributed by atoms with Crippen molar-refractivity contribution in [3.63, 3.8) is 0 Å². The van der Waals surface area contributed by atoms with Crippen LogP contribution in [0.2, 0.25) is 5.02 Å². The summed E-state index contributed by atoms with van der Waals surface area (Å²) in [6.07, 6.45) is 0. The van der Waals surface area contributed by atoms with Gasteiger partial charge in [0, 0.05) is 5.39 Å². The first-order valence-corrected chi connectivity index (χ1v) is 9.14. The van der Waals surface area contributed by atoms with E-state index in [0.29, 0.717) is 10.9 Å². The minimum Gasteiger partial charge on any atom is -0.493 e. The zero-order valence-corrected chi connectivity index (χ0v) is 16.6. The van der Waals surface area contributed by atoms with E-state index in [1.807, 2.05) is 0 Å². The van der Waals surface area contributed by atoms with E-state index in [9.17, 15) is 19.5 Å². The van der Waals surface area contributed by atoms with Crippen LogP contribution in [-0.2, 0) is 20.9 Å². The van der Waals surface area contributed by atoms with Crippen molar-refractivity contribution in [1.29, 1.82) is 0 Å². The van der Waals surface area contributed by atoms with Crippen LogP contribution in [0, 0.1) is 0 Å². The number of amides is 2. The first-order valence-electron chi connectivity index (χ1n) is 8.76. The Morgan fingerprint density at radius 1 is 1.13 bits per heavy atom. The number of benzene rings is 2. The zero-order chi connectivity index (χ0) is 21.7. The number of aromatic hydroxyl groups is 1. The molecule has 30 heavy (non-hydrogen) atoms. The Bertz CT molecular complexity index is 1160. The molecule has 0 saturated heterocycles. The lowest BCUT2D eigenvalue weighted by atomic mass is 10.2. The molecule has 0 saturated carbocycles. The summed E-state index contributed by atoms with van der Waals surface area (Å²) >= 11 is 5.95. The summed E-state index contributed by atoms with van der Waals surface area (Å²) in [5, 5.41) is 21.0. The lowest BCUT2D eigenvalue weighted by Gasteiger charge is -2.04. The summed E-state index contributed by atoms with van der Waals surface area (Å²) in [6.45, 7) is -0.644. The summed E-state index contributed by atoms with van der Waals surface area (Å²) in [4.78, 5) is 35.8. The molecule has 0 bridgehead atoms. The Morgan fingerprint density at radius 2 is 1.83 bits per heavy atom. The van der Waals surface area contributed by atoms with E-state index in [4.69, 9.17) is 11.6 Å². The average molecular weight is 429 g/mol. The van der Waals surface area contributed by atoms with Crippen LogP contribution in [0.15, 0.2) is 58.8 Å². The summed E-state index contributed by atoms with van der Waals surface area (Å²) < 4.78 is 5.94. The Balaban J connectivity index is 1.76. The van der Waals surface area contributed by atoms with E-state index in [2.05, 4.69) is 20.3 Å². The normalized spacial score (nSPS) is 11.0. The number of rotatable bonds is 6. The number of carbonyl (C=O) groups is 3. The maximum absolute atomic E-state index is 12.1. The number of para-hydroxylation sites is 1. The molecule has 2 N–H and O–H groups in total. The molecule has 3 rings (SSSR count). The lowest BCUT2D eigenvalue weighted by Crippen LogP contribution is -2.28. The van der Waals surface area contributed by atoms with Gasteiger partial charge in [-0.25, -0.2) is 0 Å². The Morgan fingerprint density at radius 3 is 2.57 bits per heavy atom. The predicted octanol–water partition coefficient (Wildman–Crippen LogP) is 3.21. The van der Waals surface area contributed by atoms with Gasteiger partial charge in [-0.3, -0.25) is 19.0 Å². The molecule has 0 unspecified atom stereocenters. The van der Waals surface area contributed by atoms with Crippen molar-refractivity contribution < 1.29 is 24.2 Å². The average Bonchev–Trinajstić information content (AvgIpc) is 3.01. The van der Waals surface area contributed by atoms with E-state index in [1.54, 1.807) is 42.5 Å². The number of hydrogen-bond acceptors (Lipinski definition) is 6. The van der Waals surface area contributed by atoms with Crippen molar-refractivity contribution in [2.75, 3.05) is 13.7 Å². The van der Waals surface area contributed by atoms with Crippen LogP contribution < -0.4 is 5.32 Å². The highest BCUT2D eigenvalue weighted by atomic mass is 35.5. The third-order valence-corrected chi connectivity index (χ3v) is 4.54. The van der Waals surface area contributed by atoms with Crippen LogP contribution in [0.4, 0.5) is 5.69 Å². The van der Waals surface area contributed by atoms with Gasteiger partial charge in [-0.2, -0.15) is 0 Å². The molecule has 10 heteroatoms. The molecule has 2 aromatic carbocycles. The second kappa shape index (κ2) is 9.19. The van der Waals surface area contributed by atoms with Gasteiger partial charge in [0.2, 0.25) is 5.88 Å². The number of hydrogen-bond donors (Lipinski definition) is 2. The molecule has 1 aromatic heterocycles. The van der Waals surface area contributed by atoms with Crippen LogP contribution in [0.5, 0.6) is 5.88 Å². The molecule has 9 nitrogen and oxygen atoms in total. The summed E-state index contributed by atoms with van der Waals surface area (Å²) in [6, 6.07) is 13.2. The van der Waals surface area contributed by atoms with Gasteiger partial charge in [-0.05, 0) is 18.2 Å². The quantitative estimate of drug-likeness (QED) is 0.461. The Hall–Kier alpha value is -3.72. The van der Waals surface area contributed by atoms with E-state index >= 15 is 0 Å². The number of aromatic nitrogens is 1. The van der Waals surface area contributed by atoms with Crippen molar-refractivity contribution >= 4 is 46.0 Å². The van der Waals surface area contributed by atoms with Gasteiger partial charge in [0.1, 0.15) is 13.1 Å². The molecular weight excluding hydrogens is 412 g/mol. The first-order chi connectivity index (χ1) is 14.4. The highest BCUT2D eigenvalue weighted by molar-refractivity contribution is 6.33. The van der Waals surface area contributed by atoms with Crippen molar-refractivity contribution in [2.45, 2.75) is 6.54 Å². The van der Waals surface area contributed by atoms with Crippen LogP contribution in [0.3, 0.4) is 0 Å². The second-order valence-corrected chi connectivity index (χ2v) is 6.52. The SMILES string of the molecule is COC(=O)Cn1c(O)c(N=NC(=O)CNC(=O)c2ccccc2Cl)c2ccccc21. The molecule has 0 aliphatic carbocycles. The van der Waals surface area contributed by atoms with Gasteiger partial charge in [-0.1, -0.05) is 41.9 Å². The summed E-state index contributed by atoms with van der Waals surface area (Å²) in [5.74, 6) is -2.16. The third-order valence-electron chi connectivity index (χ3n) is 4.21. The molecule has 1 heterocycles. The topological polar surface area (TPSA) is 122 Å². The number of azo groups is 1. The number of nitrogens with one attached hydrogen (secondary N) is 1. The highest BCUT2D eigenvalue weighted by Gasteiger charge is 2.19. The van der Waals surface area contributed by atoms with Crippen LogP contribution in [0.25, 0.3) is 10.9 Å². The Labute approximate surface area is 175 Å². The lowest BCUT2D eigenvalue weighted by molar-refractivity contribution is -0.141. The minimum absolute atomic E-state index is 0.0280. The van der Waals surface area contributed by atoms with E-state index < -0.39 is 24.3 Å². The number of methoxy groups -OCH3 is 1. The monoisotopic (exact) mass is 428 g/mol. The van der Waals surface area contributed by atoms with Gasteiger partial charge < -0.3 is 15.2 Å². The van der Waals surface area contributed by atoms with Gasteiger partial charge in [0.15, 0.2) is 5.69 Å². The smallest absolute Gasteiger partial charge is 0.325 e. The fraction of sp³-hybridized carbons (Fsp3) is 0.150. The van der Waals surface area contributed by atoms with Crippen molar-refractivity contribution in [3.05, 3.63) is 59.1 Å². The van der Waals surface area contributed by atoms with Crippen molar-refractivity contribution in [3.8, 4) is 5.88 Å². The van der Waals surface area contributed by atoms with Gasteiger partial charge >= 0.3 is 5.97 Å².